The van der Waals surface area contributed by atoms with E-state index in [4.69, 9.17) is 9.57 Å². The second kappa shape index (κ2) is 6.09. The molecule has 2 N–H and O–H groups in total. The van der Waals surface area contributed by atoms with Crippen molar-refractivity contribution < 1.29 is 24.3 Å². The van der Waals surface area contributed by atoms with Crippen molar-refractivity contribution in [3.05, 3.63) is 48.0 Å². The Balaban J connectivity index is 1.47. The fraction of sp³-hybridized carbons (Fsp3) is 0.417. The number of hydroxylamine groups is 2. The molecule has 33 heavy (non-hydrogen) atoms. The minimum Gasteiger partial charge on any atom is -0.497 e. The highest BCUT2D eigenvalue weighted by Crippen LogP contribution is 2.95. The van der Waals surface area contributed by atoms with Crippen molar-refractivity contribution in [3.63, 3.8) is 0 Å². The summed E-state index contributed by atoms with van der Waals surface area (Å²) in [4.78, 5) is 36.2. The van der Waals surface area contributed by atoms with Crippen LogP contribution in [0.1, 0.15) is 18.0 Å². The van der Waals surface area contributed by atoms with Gasteiger partial charge < -0.3 is 20.1 Å². The molecule has 4 unspecified atom stereocenters. The third kappa shape index (κ3) is 2.96. The van der Waals surface area contributed by atoms with E-state index in [-0.39, 0.29) is 18.2 Å². The number of fused-ring (bicyclic) bond motifs is 3. The summed E-state index contributed by atoms with van der Waals surface area (Å²) in [5.74, 6) is -0.0216. The monoisotopic (exact) mass is 473 g/mol. The summed E-state index contributed by atoms with van der Waals surface area (Å²) < 4.78 is 5.25. The Bertz CT molecular complexity index is 1200. The van der Waals surface area contributed by atoms with Crippen molar-refractivity contribution >= 4 is 25.8 Å². The van der Waals surface area contributed by atoms with Gasteiger partial charge in [-0.05, 0) is 65.8 Å². The average Bonchev–Trinajstić information content (AvgIpc) is 3.39. The van der Waals surface area contributed by atoms with Gasteiger partial charge in [0.1, 0.15) is 18.0 Å². The molecular formula is C24H31N3O5S. The molecule has 2 amide bonds. The van der Waals surface area contributed by atoms with Crippen LogP contribution in [0, 0.1) is 0 Å². The standard InChI is InChI=1S/C24H31N3O5S/c1-26(23(30)24-14-20(28)27(24)32-24)21(15-7-9-16(31-2)10-8-15)22(29)25-18-12-11-17-13-19(18)33(17,3,4,5)6/h7-13,20-21,28H,14H2,1-6H3,(H,25,29). The normalized spacial score (nSPS) is 31.5. The lowest BCUT2D eigenvalue weighted by Gasteiger charge is -2.75. The Morgan fingerprint density at radius 3 is 2.36 bits per heavy atom. The molecule has 2 bridgehead atoms. The Hall–Kier alpha value is -2.59. The van der Waals surface area contributed by atoms with Crippen LogP contribution in [0.2, 0.25) is 0 Å². The highest BCUT2D eigenvalue weighted by atomic mass is 32.4. The number of anilines is 1. The van der Waals surface area contributed by atoms with E-state index in [0.29, 0.717) is 11.3 Å². The van der Waals surface area contributed by atoms with Crippen molar-refractivity contribution in [2.24, 2.45) is 0 Å². The minimum absolute atomic E-state index is 0.186. The fourth-order valence-corrected chi connectivity index (χ4v) is 8.11. The van der Waals surface area contributed by atoms with E-state index in [0.717, 1.165) is 10.6 Å². The third-order valence-electron chi connectivity index (χ3n) is 7.29. The fourth-order valence-electron chi connectivity index (χ4n) is 4.95. The zero-order chi connectivity index (χ0) is 24.0. The largest absolute Gasteiger partial charge is 0.497 e. The molecular weight excluding hydrogens is 442 g/mol. The molecule has 0 aromatic heterocycles. The van der Waals surface area contributed by atoms with E-state index in [1.54, 1.807) is 38.4 Å². The van der Waals surface area contributed by atoms with Crippen LogP contribution < -0.4 is 10.1 Å². The molecule has 2 aromatic carbocycles. The van der Waals surface area contributed by atoms with Gasteiger partial charge >= 0.3 is 0 Å². The maximum atomic E-state index is 13.7. The van der Waals surface area contributed by atoms with Gasteiger partial charge in [0.25, 0.3) is 11.8 Å². The van der Waals surface area contributed by atoms with Crippen LogP contribution in [0.4, 0.5) is 5.69 Å². The molecule has 4 aliphatic heterocycles. The van der Waals surface area contributed by atoms with Crippen LogP contribution in [0.3, 0.4) is 0 Å². The number of hydrogen-bond acceptors (Lipinski definition) is 6. The number of aliphatic hydroxyl groups excluding tert-OH is 1. The van der Waals surface area contributed by atoms with E-state index in [1.807, 2.05) is 6.07 Å². The van der Waals surface area contributed by atoms with Gasteiger partial charge in [0.2, 0.25) is 5.72 Å². The van der Waals surface area contributed by atoms with E-state index in [9.17, 15) is 14.7 Å². The molecule has 6 rings (SSSR count). The Morgan fingerprint density at radius 2 is 1.88 bits per heavy atom. The molecule has 2 saturated heterocycles. The number of carbonyl (C=O) groups is 2. The third-order valence-corrected chi connectivity index (χ3v) is 12.0. The van der Waals surface area contributed by atoms with Crippen molar-refractivity contribution in [2.45, 2.75) is 34.2 Å². The first kappa shape index (κ1) is 22.2. The Kier molecular flexibility index (Phi) is 4.10. The predicted molar refractivity (Wildman–Crippen MR) is 128 cm³/mol. The average molecular weight is 474 g/mol. The number of rotatable bonds is 6. The predicted octanol–water partition coefficient (Wildman–Crippen LogP) is 2.63. The lowest BCUT2D eigenvalue weighted by Crippen LogP contribution is -2.54. The topological polar surface area (TPSA) is 94.4 Å². The van der Waals surface area contributed by atoms with Crippen LogP contribution in [0.5, 0.6) is 5.75 Å². The summed E-state index contributed by atoms with van der Waals surface area (Å²) in [6.45, 7) is 0. The maximum absolute atomic E-state index is 13.7. The number of likely N-dealkylation sites (N-methyl/N-ethyl adjacent to an activating group) is 1. The van der Waals surface area contributed by atoms with E-state index in [2.05, 4.69) is 42.5 Å². The summed E-state index contributed by atoms with van der Waals surface area (Å²) in [5, 5.41) is 14.1. The van der Waals surface area contributed by atoms with Crippen LogP contribution in [0.15, 0.2) is 52.3 Å². The molecule has 9 heteroatoms. The number of nitrogens with zero attached hydrogens (tertiary/aromatic N) is 2. The lowest BCUT2D eigenvalue weighted by molar-refractivity contribution is -0.148. The SMILES string of the molecule is COc1ccc(C(C(=O)Nc2ccc3cc2S3(C)(C)(C)C)N(C)C(=O)C23CC(O)N2O3)cc1. The van der Waals surface area contributed by atoms with Gasteiger partial charge in [-0.15, -0.1) is 5.06 Å². The van der Waals surface area contributed by atoms with E-state index < -0.39 is 26.3 Å². The highest BCUT2D eigenvalue weighted by molar-refractivity contribution is 8.63. The van der Waals surface area contributed by atoms with Gasteiger partial charge in [-0.1, -0.05) is 12.1 Å². The molecule has 0 aliphatic carbocycles. The van der Waals surface area contributed by atoms with Crippen molar-refractivity contribution in [1.82, 2.24) is 9.96 Å². The van der Waals surface area contributed by atoms with Gasteiger partial charge in [-0.3, -0.25) is 14.4 Å². The first-order chi connectivity index (χ1) is 15.2. The summed E-state index contributed by atoms with van der Waals surface area (Å²) in [6, 6.07) is 12.3. The molecule has 4 aliphatic rings. The molecule has 8 nitrogen and oxygen atoms in total. The second-order valence-electron chi connectivity index (χ2n) is 11.3. The first-order valence-electron chi connectivity index (χ1n) is 10.8. The van der Waals surface area contributed by atoms with Gasteiger partial charge in [0, 0.05) is 18.4 Å². The molecule has 0 spiro atoms. The summed E-state index contributed by atoms with van der Waals surface area (Å²) in [7, 11) is 0.596. The van der Waals surface area contributed by atoms with Gasteiger partial charge in [-0.25, -0.2) is 8.29 Å². The van der Waals surface area contributed by atoms with Crippen molar-refractivity contribution in [3.8, 4) is 5.75 Å². The zero-order valence-electron chi connectivity index (χ0n) is 19.8. The molecule has 2 fully saturated rings. The Labute approximate surface area is 192 Å². The number of benzene rings is 2. The number of aliphatic hydroxyl groups is 1. The number of hydrogen-bond donors (Lipinski definition) is 2. The van der Waals surface area contributed by atoms with Gasteiger partial charge in [0.15, 0.2) is 0 Å². The van der Waals surface area contributed by atoms with Crippen molar-refractivity contribution in [1.29, 1.82) is 0 Å². The first-order valence-corrected chi connectivity index (χ1v) is 14.8. The minimum atomic E-state index is -2.57. The number of ether oxygens (including phenoxy) is 1. The molecule has 4 atom stereocenters. The van der Waals surface area contributed by atoms with Crippen LogP contribution in [0.25, 0.3) is 0 Å². The Morgan fingerprint density at radius 1 is 1.21 bits per heavy atom. The van der Waals surface area contributed by atoms with Gasteiger partial charge in [-0.2, -0.15) is 0 Å². The molecule has 2 aromatic rings. The molecule has 0 saturated carbocycles. The zero-order valence-corrected chi connectivity index (χ0v) is 20.6. The van der Waals surface area contributed by atoms with Crippen LogP contribution >= 0.6 is 8.29 Å². The smallest absolute Gasteiger partial charge is 0.275 e. The number of carbonyl (C=O) groups excluding carboxylic acids is 2. The van der Waals surface area contributed by atoms with Crippen molar-refractivity contribution in [2.75, 3.05) is 44.5 Å². The molecule has 0 radical (unpaired) electrons. The molecule has 178 valence electrons. The summed E-state index contributed by atoms with van der Waals surface area (Å²) >= 11 is 0. The van der Waals surface area contributed by atoms with Gasteiger partial charge in [0.05, 0.1) is 12.8 Å². The second-order valence-corrected chi connectivity index (χ2v) is 20.6. The van der Waals surface area contributed by atoms with E-state index >= 15 is 0 Å². The van der Waals surface area contributed by atoms with Crippen LogP contribution in [-0.2, 0) is 14.4 Å². The maximum Gasteiger partial charge on any atom is 0.275 e. The number of methoxy groups -OCH3 is 1. The number of amides is 2. The summed E-state index contributed by atoms with van der Waals surface area (Å²) in [6.07, 6.45) is 8.50. The van der Waals surface area contributed by atoms with E-state index in [1.165, 1.54) is 14.9 Å². The summed E-state index contributed by atoms with van der Waals surface area (Å²) in [5.41, 5.74) is 0.258. The highest BCUT2D eigenvalue weighted by Gasteiger charge is 2.75. The van der Waals surface area contributed by atoms with Crippen LogP contribution in [-0.4, -0.2) is 78.0 Å². The quantitative estimate of drug-likeness (QED) is 0.627. The number of nitrogens with one attached hydrogen (secondary N) is 1. The lowest BCUT2D eigenvalue weighted by atomic mass is 9.98. The molecule has 4 heterocycles.